The van der Waals surface area contributed by atoms with Crippen molar-refractivity contribution in [1.82, 2.24) is 0 Å². The van der Waals surface area contributed by atoms with Gasteiger partial charge in [0.2, 0.25) is 0 Å². The van der Waals surface area contributed by atoms with Gasteiger partial charge in [-0.2, -0.15) is 0 Å². The number of anilines is 2. The maximum atomic E-state index is 2.56. The molecule has 0 unspecified atom stereocenters. The molecule has 0 amide bonds. The second-order valence-electron chi connectivity index (χ2n) is 20.3. The smallest absolute Gasteiger partial charge is 0.0433 e. The van der Waals surface area contributed by atoms with Crippen LogP contribution in [0.5, 0.6) is 0 Å². The Labute approximate surface area is 525 Å². The normalized spacial score (nSPS) is 14.6. The van der Waals surface area contributed by atoms with Crippen LogP contribution in [0.4, 0.5) is 11.4 Å². The molecule has 0 bridgehead atoms. The van der Waals surface area contributed by atoms with E-state index in [1.807, 2.05) is 83.1 Å². The second kappa shape index (κ2) is 43.1. The van der Waals surface area contributed by atoms with Gasteiger partial charge < -0.3 is 9.80 Å². The lowest BCUT2D eigenvalue weighted by Gasteiger charge is -2.27. The minimum absolute atomic E-state index is 0. The molecule has 0 saturated carbocycles. The van der Waals surface area contributed by atoms with E-state index in [0.717, 1.165) is 45.2 Å². The van der Waals surface area contributed by atoms with Crippen LogP contribution in [0.25, 0.3) is 22.3 Å². The Kier molecular flexibility index (Phi) is 39.7. The average Bonchev–Trinajstić information content (AvgIpc) is 3.06. The first-order valence-electron chi connectivity index (χ1n) is 32.7. The largest absolute Gasteiger partial charge is 0.368 e. The molecule has 2 nitrogen and oxygen atoms in total. The Hall–Kier alpha value is -6.64. The minimum atomic E-state index is 0. The topological polar surface area (TPSA) is 6.48 Å². The molecule has 8 aromatic carbocycles. The molecular formula is C83H122N2. The molecule has 2 heteroatoms. The van der Waals surface area contributed by atoms with Crippen molar-refractivity contribution in [2.24, 2.45) is 0 Å². The van der Waals surface area contributed by atoms with E-state index < -0.39 is 0 Å². The number of para-hydroxylation sites is 2. The van der Waals surface area contributed by atoms with E-state index >= 15 is 0 Å². The third-order valence-corrected chi connectivity index (χ3v) is 15.6. The second-order valence-corrected chi connectivity index (χ2v) is 20.3. The predicted octanol–water partition coefficient (Wildman–Crippen LogP) is 25.2. The fourth-order valence-corrected chi connectivity index (χ4v) is 11.4. The molecule has 0 fully saturated rings. The summed E-state index contributed by atoms with van der Waals surface area (Å²) in [5.74, 6) is 1.29. The van der Waals surface area contributed by atoms with E-state index in [2.05, 4.69) is 261 Å². The Morgan fingerprint density at radius 3 is 0.906 bits per heavy atom. The van der Waals surface area contributed by atoms with Gasteiger partial charge in [0, 0.05) is 48.4 Å². The lowest BCUT2D eigenvalue weighted by Crippen LogP contribution is -2.30. The SMILES string of the molecule is C.C.CC.CC.CC.CC.CC.CC.CCN1c2ccccc2[C@@H](C)[C@H]1C.CCc1cc(C)cc(CC)c1.CCc1cc(C)cc(CN2c3ccccc3[C@H](C)[C@@H]2C)c1.c1ccc2c(c1)Cc1ccccc1-2.c1ccc2c(c1)Cc1ccccc1-2. The average molecular weight is 1150 g/mol. The predicted molar refractivity (Wildman–Crippen MR) is 389 cm³/mol. The van der Waals surface area contributed by atoms with Gasteiger partial charge in [-0.05, 0) is 157 Å². The van der Waals surface area contributed by atoms with Gasteiger partial charge in [-0.1, -0.05) is 314 Å². The summed E-state index contributed by atoms with van der Waals surface area (Å²) in [5, 5.41) is 0. The zero-order valence-corrected chi connectivity index (χ0v) is 56.5. The standard InChI is InChI=1S/C20H25N.2C13H10.C12H17N.C11H16.6C2H6.2CH4/c1-5-17-10-14(2)11-18(12-17)13-21-16(4)15(3)19-8-6-7-9-20(19)21;2*1-3-7-12-10(5-1)9-11-6-2-4-8-13(11)12;1-4-13-10(3)9(2)11-7-5-6-8-12(11)13;1-4-10-6-9(3)7-11(5-2)8-10;6*1-2;;/h6-12,15-16H,5,13H2,1-4H3;2*1-8H,9H2;5-10H,4H2,1-3H3;6-8H,4-5H2,1-3H3;6*1-2H3;2*1H4/t15-,16+;;;9-,10+;;;;;;;;;/m1..0........./s1. The van der Waals surface area contributed by atoms with Crippen LogP contribution in [0.2, 0.25) is 0 Å². The van der Waals surface area contributed by atoms with Crippen LogP contribution in [0.3, 0.4) is 0 Å². The Bertz CT molecular complexity index is 2830. The Morgan fingerprint density at radius 1 is 0.329 bits per heavy atom. The number of aryl methyl sites for hydroxylation is 5. The van der Waals surface area contributed by atoms with Gasteiger partial charge in [0.15, 0.2) is 0 Å². The first-order valence-corrected chi connectivity index (χ1v) is 32.7. The van der Waals surface area contributed by atoms with Gasteiger partial charge in [0.1, 0.15) is 0 Å². The maximum Gasteiger partial charge on any atom is 0.0433 e. The molecule has 85 heavy (non-hydrogen) atoms. The monoisotopic (exact) mass is 1150 g/mol. The molecule has 0 saturated heterocycles. The fourth-order valence-electron chi connectivity index (χ4n) is 11.4. The van der Waals surface area contributed by atoms with Crippen molar-refractivity contribution < 1.29 is 0 Å². The van der Waals surface area contributed by atoms with E-state index in [1.54, 1.807) is 0 Å². The van der Waals surface area contributed by atoms with Gasteiger partial charge in [0.05, 0.1) is 0 Å². The number of likely N-dealkylation sites (N-methyl/N-ethyl adjacent to an activating group) is 1. The van der Waals surface area contributed by atoms with E-state index in [1.165, 1.54) is 100 Å². The van der Waals surface area contributed by atoms with Gasteiger partial charge in [0.25, 0.3) is 0 Å². The van der Waals surface area contributed by atoms with Gasteiger partial charge in [-0.3, -0.25) is 0 Å². The first-order chi connectivity index (χ1) is 40.5. The summed E-state index contributed by atoms with van der Waals surface area (Å²) >= 11 is 0. The van der Waals surface area contributed by atoms with Crippen LogP contribution in [0, 0.1) is 13.8 Å². The molecule has 0 radical (unpaired) electrons. The maximum absolute atomic E-state index is 2.56. The molecule has 0 aromatic heterocycles. The quantitative estimate of drug-likeness (QED) is 0.164. The Balaban J connectivity index is 0.00000100. The summed E-state index contributed by atoms with van der Waals surface area (Å²) in [6.45, 7) is 48.7. The molecule has 12 rings (SSSR count). The third-order valence-electron chi connectivity index (χ3n) is 15.6. The van der Waals surface area contributed by atoms with Crippen LogP contribution in [0.1, 0.15) is 232 Å². The first kappa shape index (κ1) is 78.4. The molecule has 2 aliphatic carbocycles. The van der Waals surface area contributed by atoms with Crippen molar-refractivity contribution in [1.29, 1.82) is 0 Å². The number of hydrogen-bond donors (Lipinski definition) is 0. The highest BCUT2D eigenvalue weighted by molar-refractivity contribution is 5.77. The molecule has 0 N–H and O–H groups in total. The van der Waals surface area contributed by atoms with Crippen LogP contribution < -0.4 is 9.80 Å². The van der Waals surface area contributed by atoms with Crippen LogP contribution in [-0.4, -0.2) is 18.6 Å². The van der Waals surface area contributed by atoms with Crippen molar-refractivity contribution in [2.75, 3.05) is 16.3 Å². The molecule has 0 spiro atoms. The molecule has 2 heterocycles. The summed E-state index contributed by atoms with van der Waals surface area (Å²) in [5.41, 5.74) is 25.9. The highest BCUT2D eigenvalue weighted by Gasteiger charge is 2.32. The number of rotatable bonds is 6. The summed E-state index contributed by atoms with van der Waals surface area (Å²) in [6, 6.07) is 67.3. The van der Waals surface area contributed by atoms with Crippen molar-refractivity contribution in [2.45, 2.75) is 230 Å². The highest BCUT2D eigenvalue weighted by atomic mass is 15.2. The van der Waals surface area contributed by atoms with E-state index in [9.17, 15) is 0 Å². The van der Waals surface area contributed by atoms with Gasteiger partial charge in [-0.25, -0.2) is 0 Å². The third kappa shape index (κ3) is 21.4. The lowest BCUT2D eigenvalue weighted by molar-refractivity contribution is 0.591. The van der Waals surface area contributed by atoms with Crippen molar-refractivity contribution in [3.05, 3.63) is 249 Å². The number of hydrogen-bond acceptors (Lipinski definition) is 2. The molecule has 2 aliphatic heterocycles. The summed E-state index contributed by atoms with van der Waals surface area (Å²) in [7, 11) is 0. The number of nitrogens with zero attached hydrogens (tertiary/aromatic N) is 2. The zero-order chi connectivity index (χ0) is 62.0. The molecule has 464 valence electrons. The minimum Gasteiger partial charge on any atom is -0.368 e. The fraction of sp³-hybridized carbons (Fsp3) is 0.422. The number of fused-ring (bicyclic) bond motifs is 8. The molecule has 8 aromatic rings. The molecular weight excluding hydrogens is 1020 g/mol. The van der Waals surface area contributed by atoms with Crippen LogP contribution in [0.15, 0.2) is 182 Å². The van der Waals surface area contributed by atoms with E-state index in [0.29, 0.717) is 23.9 Å². The summed E-state index contributed by atoms with van der Waals surface area (Å²) in [4.78, 5) is 5.05. The molecule has 4 aliphatic rings. The van der Waals surface area contributed by atoms with Crippen LogP contribution >= 0.6 is 0 Å². The van der Waals surface area contributed by atoms with Crippen LogP contribution in [-0.2, 0) is 38.6 Å². The Morgan fingerprint density at radius 2 is 0.588 bits per heavy atom. The van der Waals surface area contributed by atoms with Crippen molar-refractivity contribution in [3.63, 3.8) is 0 Å². The lowest BCUT2D eigenvalue weighted by atomic mass is 9.98. The number of benzene rings is 8. The zero-order valence-electron chi connectivity index (χ0n) is 56.5. The molecule has 4 atom stereocenters. The van der Waals surface area contributed by atoms with E-state index in [4.69, 9.17) is 0 Å². The summed E-state index contributed by atoms with van der Waals surface area (Å²) < 4.78 is 0. The van der Waals surface area contributed by atoms with E-state index in [-0.39, 0.29) is 14.9 Å². The van der Waals surface area contributed by atoms with Crippen molar-refractivity contribution in [3.8, 4) is 22.3 Å². The van der Waals surface area contributed by atoms with Gasteiger partial charge >= 0.3 is 0 Å². The van der Waals surface area contributed by atoms with Crippen molar-refractivity contribution >= 4 is 11.4 Å². The highest BCUT2D eigenvalue weighted by Crippen LogP contribution is 2.42. The van der Waals surface area contributed by atoms with Gasteiger partial charge in [-0.15, -0.1) is 0 Å². The summed E-state index contributed by atoms with van der Waals surface area (Å²) in [6.07, 6.45) is 5.61.